The van der Waals surface area contributed by atoms with E-state index in [0.717, 1.165) is 24.3 Å². The number of nitrogens with one attached hydrogen (secondary N) is 1. The van der Waals surface area contributed by atoms with E-state index in [9.17, 15) is 4.79 Å². The lowest BCUT2D eigenvalue weighted by Crippen LogP contribution is -2.26. The highest BCUT2D eigenvalue weighted by Crippen LogP contribution is 2.33. The van der Waals surface area contributed by atoms with Crippen LogP contribution in [0.4, 0.5) is 5.82 Å². The second-order valence-corrected chi connectivity index (χ2v) is 7.09. The Morgan fingerprint density at radius 1 is 1.36 bits per heavy atom. The molecule has 1 aliphatic rings. The Labute approximate surface area is 170 Å². The van der Waals surface area contributed by atoms with Crippen LogP contribution in [0, 0.1) is 0 Å². The van der Waals surface area contributed by atoms with Crippen molar-refractivity contribution in [3.8, 4) is 11.6 Å². The molecule has 0 unspecified atom stereocenters. The number of ether oxygens (including phenoxy) is 2. The molecular formula is C20H25ClN4O3. The van der Waals surface area contributed by atoms with E-state index >= 15 is 0 Å². The number of halogens is 1. The van der Waals surface area contributed by atoms with Crippen molar-refractivity contribution in [1.29, 1.82) is 0 Å². The Morgan fingerprint density at radius 3 is 2.79 bits per heavy atom. The molecule has 0 saturated carbocycles. The van der Waals surface area contributed by atoms with Gasteiger partial charge in [-0.05, 0) is 31.5 Å². The lowest BCUT2D eigenvalue weighted by Gasteiger charge is -2.20. The molecule has 8 heteroatoms. The summed E-state index contributed by atoms with van der Waals surface area (Å²) in [6.45, 7) is 7.34. The van der Waals surface area contributed by atoms with E-state index in [1.807, 2.05) is 38.1 Å². The van der Waals surface area contributed by atoms with Crippen LogP contribution in [0.2, 0.25) is 5.02 Å². The number of benzene rings is 1. The van der Waals surface area contributed by atoms with Gasteiger partial charge in [0.25, 0.3) is 0 Å². The summed E-state index contributed by atoms with van der Waals surface area (Å²) in [6.07, 6.45) is 2.38. The zero-order chi connectivity index (χ0) is 20.1. The average molecular weight is 405 g/mol. The zero-order valence-electron chi connectivity index (χ0n) is 16.3. The number of aromatic nitrogens is 2. The second kappa shape index (κ2) is 9.10. The number of hydrogen-bond acceptors (Lipinski definition) is 6. The average Bonchev–Trinajstić information content (AvgIpc) is 3.12. The molecule has 2 heterocycles. The summed E-state index contributed by atoms with van der Waals surface area (Å²) in [5.74, 6) is 1.83. The SMILES string of the molecule is CCOc1ncnc(N2CC[C@@H](Oc3ccc([C@H](C)NC(C)=O)cc3)C2)c1Cl. The largest absolute Gasteiger partial charge is 0.489 e. The van der Waals surface area contributed by atoms with Crippen molar-refractivity contribution in [1.82, 2.24) is 15.3 Å². The molecule has 0 spiro atoms. The number of hydrogen-bond donors (Lipinski definition) is 1. The van der Waals surface area contributed by atoms with Gasteiger partial charge in [-0.25, -0.2) is 9.97 Å². The molecular weight excluding hydrogens is 380 g/mol. The number of carbonyl (C=O) groups excluding carboxylic acids is 1. The maximum atomic E-state index is 11.2. The van der Waals surface area contributed by atoms with Crippen molar-refractivity contribution in [3.05, 3.63) is 41.2 Å². The molecule has 0 aliphatic carbocycles. The predicted molar refractivity (Wildman–Crippen MR) is 108 cm³/mol. The maximum Gasteiger partial charge on any atom is 0.237 e. The molecule has 1 amide bonds. The first-order valence-corrected chi connectivity index (χ1v) is 9.77. The Balaban J connectivity index is 1.61. The molecule has 0 bridgehead atoms. The van der Waals surface area contributed by atoms with Crippen molar-refractivity contribution >= 4 is 23.3 Å². The number of carbonyl (C=O) groups is 1. The number of rotatable bonds is 7. The highest BCUT2D eigenvalue weighted by molar-refractivity contribution is 6.34. The summed E-state index contributed by atoms with van der Waals surface area (Å²) >= 11 is 6.40. The second-order valence-electron chi connectivity index (χ2n) is 6.72. The lowest BCUT2D eigenvalue weighted by molar-refractivity contribution is -0.119. The number of anilines is 1. The summed E-state index contributed by atoms with van der Waals surface area (Å²) in [5.41, 5.74) is 1.03. The van der Waals surface area contributed by atoms with Gasteiger partial charge in [0.15, 0.2) is 5.82 Å². The summed E-state index contributed by atoms with van der Waals surface area (Å²) in [7, 11) is 0. The molecule has 1 aromatic carbocycles. The first-order valence-electron chi connectivity index (χ1n) is 9.40. The van der Waals surface area contributed by atoms with Gasteiger partial charge in [0.2, 0.25) is 11.8 Å². The smallest absolute Gasteiger partial charge is 0.237 e. The van der Waals surface area contributed by atoms with E-state index in [-0.39, 0.29) is 18.1 Å². The van der Waals surface area contributed by atoms with Crippen LogP contribution in [0.15, 0.2) is 30.6 Å². The van der Waals surface area contributed by atoms with E-state index < -0.39 is 0 Å². The highest BCUT2D eigenvalue weighted by Gasteiger charge is 2.27. The molecule has 2 atom stereocenters. The first kappa shape index (κ1) is 20.2. The molecule has 1 aliphatic heterocycles. The van der Waals surface area contributed by atoms with Crippen LogP contribution in [-0.4, -0.2) is 41.7 Å². The van der Waals surface area contributed by atoms with Gasteiger partial charge in [-0.15, -0.1) is 0 Å². The Hall–Kier alpha value is -2.54. The molecule has 150 valence electrons. The van der Waals surface area contributed by atoms with Crippen LogP contribution in [0.5, 0.6) is 11.6 Å². The standard InChI is InChI=1S/C20H25ClN4O3/c1-4-27-20-18(21)19(22-12-23-20)25-10-9-17(11-25)28-16-7-5-15(6-8-16)13(2)24-14(3)26/h5-8,12-13,17H,4,9-11H2,1-3H3,(H,24,26)/t13-,17+/m0/s1. The molecule has 0 radical (unpaired) electrons. The van der Waals surface area contributed by atoms with Crippen LogP contribution >= 0.6 is 11.6 Å². The molecule has 2 aromatic rings. The first-order chi connectivity index (χ1) is 13.5. The van der Waals surface area contributed by atoms with Crippen molar-refractivity contribution in [2.45, 2.75) is 39.3 Å². The number of amides is 1. The minimum absolute atomic E-state index is 0.0343. The van der Waals surface area contributed by atoms with Gasteiger partial charge in [-0.3, -0.25) is 4.79 Å². The fourth-order valence-corrected chi connectivity index (χ4v) is 3.51. The highest BCUT2D eigenvalue weighted by atomic mass is 35.5. The molecule has 3 rings (SSSR count). The molecule has 1 saturated heterocycles. The summed E-state index contributed by atoms with van der Waals surface area (Å²) in [5, 5.41) is 3.30. The van der Waals surface area contributed by atoms with Crippen molar-refractivity contribution in [2.75, 3.05) is 24.6 Å². The third-order valence-electron chi connectivity index (χ3n) is 4.57. The van der Waals surface area contributed by atoms with Crippen LogP contribution < -0.4 is 19.7 Å². The molecule has 1 fully saturated rings. The quantitative estimate of drug-likeness (QED) is 0.762. The predicted octanol–water partition coefficient (Wildman–Crippen LogP) is 3.38. The number of nitrogens with zero attached hydrogens (tertiary/aromatic N) is 3. The van der Waals surface area contributed by atoms with Crippen LogP contribution in [0.3, 0.4) is 0 Å². The van der Waals surface area contributed by atoms with E-state index in [1.165, 1.54) is 13.3 Å². The maximum absolute atomic E-state index is 11.2. The van der Waals surface area contributed by atoms with Gasteiger partial charge in [-0.2, -0.15) is 0 Å². The molecule has 28 heavy (non-hydrogen) atoms. The van der Waals surface area contributed by atoms with E-state index in [1.54, 1.807) is 0 Å². The zero-order valence-corrected chi connectivity index (χ0v) is 17.1. The van der Waals surface area contributed by atoms with E-state index in [0.29, 0.717) is 29.9 Å². The van der Waals surface area contributed by atoms with Gasteiger partial charge in [0.05, 0.1) is 19.2 Å². The van der Waals surface area contributed by atoms with Crippen LogP contribution in [-0.2, 0) is 4.79 Å². The molecule has 7 nitrogen and oxygen atoms in total. The summed E-state index contributed by atoms with van der Waals surface area (Å²) in [4.78, 5) is 21.7. The van der Waals surface area contributed by atoms with Gasteiger partial charge in [0.1, 0.15) is 23.2 Å². The van der Waals surface area contributed by atoms with Crippen molar-refractivity contribution in [3.63, 3.8) is 0 Å². The minimum Gasteiger partial charge on any atom is -0.489 e. The van der Waals surface area contributed by atoms with Crippen molar-refractivity contribution < 1.29 is 14.3 Å². The normalized spacial score (nSPS) is 17.3. The molecule has 1 aromatic heterocycles. The Kier molecular flexibility index (Phi) is 6.57. The van der Waals surface area contributed by atoms with Gasteiger partial charge < -0.3 is 19.7 Å². The summed E-state index contributed by atoms with van der Waals surface area (Å²) < 4.78 is 11.6. The lowest BCUT2D eigenvalue weighted by atomic mass is 10.1. The fourth-order valence-electron chi connectivity index (χ4n) is 3.24. The summed E-state index contributed by atoms with van der Waals surface area (Å²) in [6, 6.07) is 7.77. The van der Waals surface area contributed by atoms with Gasteiger partial charge in [0, 0.05) is 19.9 Å². The van der Waals surface area contributed by atoms with Crippen molar-refractivity contribution in [2.24, 2.45) is 0 Å². The van der Waals surface area contributed by atoms with E-state index in [2.05, 4.69) is 20.2 Å². The Morgan fingerprint density at radius 2 is 2.11 bits per heavy atom. The van der Waals surface area contributed by atoms with Gasteiger partial charge in [-0.1, -0.05) is 23.7 Å². The minimum atomic E-state index is -0.0465. The topological polar surface area (TPSA) is 76.6 Å². The van der Waals surface area contributed by atoms with Crippen LogP contribution in [0.25, 0.3) is 0 Å². The van der Waals surface area contributed by atoms with E-state index in [4.69, 9.17) is 21.1 Å². The third-order valence-corrected chi connectivity index (χ3v) is 4.90. The van der Waals surface area contributed by atoms with Gasteiger partial charge >= 0.3 is 0 Å². The van der Waals surface area contributed by atoms with Crippen LogP contribution in [0.1, 0.15) is 38.8 Å². The fraction of sp³-hybridized carbons (Fsp3) is 0.450. The molecule has 1 N–H and O–H groups in total. The monoisotopic (exact) mass is 404 g/mol. The Bertz CT molecular complexity index is 816. The third kappa shape index (κ3) is 4.84.